The number of carbonyl (C=O) groups excluding carboxylic acids is 1. The Morgan fingerprint density at radius 1 is 1.15 bits per heavy atom. The van der Waals surface area contributed by atoms with Gasteiger partial charge in [-0.2, -0.15) is 0 Å². The van der Waals surface area contributed by atoms with Crippen LogP contribution in [0, 0.1) is 0 Å². The van der Waals surface area contributed by atoms with Gasteiger partial charge in [-0.05, 0) is 49.2 Å². The minimum Gasteiger partial charge on any atom is -0.490 e. The molecule has 176 valence electrons. The molecule has 0 unspecified atom stereocenters. The second kappa shape index (κ2) is 10.3. The van der Waals surface area contributed by atoms with Gasteiger partial charge in [-0.1, -0.05) is 47.2 Å². The molecule has 0 N–H and O–H groups in total. The van der Waals surface area contributed by atoms with Gasteiger partial charge in [-0.3, -0.25) is 9.36 Å². The molecule has 1 aromatic heterocycles. The highest BCUT2D eigenvalue weighted by molar-refractivity contribution is 7.07. The highest BCUT2D eigenvalue weighted by atomic mass is 35.5. The fourth-order valence-corrected chi connectivity index (χ4v) is 4.87. The summed E-state index contributed by atoms with van der Waals surface area (Å²) in [4.78, 5) is 31.0. The number of esters is 1. The Balaban J connectivity index is 1.92. The molecule has 0 amide bonds. The van der Waals surface area contributed by atoms with Crippen molar-refractivity contribution in [2.24, 2.45) is 4.99 Å². The van der Waals surface area contributed by atoms with Gasteiger partial charge in [0.15, 0.2) is 16.3 Å². The minimum absolute atomic E-state index is 0.241. The van der Waals surface area contributed by atoms with Crippen molar-refractivity contribution < 1.29 is 19.0 Å². The average Bonchev–Trinajstić information content (AvgIpc) is 3.16. The first-order valence-corrected chi connectivity index (χ1v) is 11.9. The van der Waals surface area contributed by atoms with Crippen LogP contribution in [0.15, 0.2) is 64.0 Å². The van der Waals surface area contributed by atoms with Crippen LogP contribution in [-0.2, 0) is 9.53 Å². The van der Waals surface area contributed by atoms with E-state index >= 15 is 0 Å². The summed E-state index contributed by atoms with van der Waals surface area (Å²) in [6.07, 6.45) is 3.19. The van der Waals surface area contributed by atoms with Crippen molar-refractivity contribution in [2.75, 3.05) is 20.3 Å². The zero-order valence-corrected chi connectivity index (χ0v) is 20.5. The summed E-state index contributed by atoms with van der Waals surface area (Å²) in [6.45, 7) is 4.67. The van der Waals surface area contributed by atoms with Crippen LogP contribution in [0.5, 0.6) is 11.5 Å². The molecule has 0 spiro atoms. The topological polar surface area (TPSA) is 79.1 Å². The molecule has 0 aliphatic carbocycles. The maximum Gasteiger partial charge on any atom is 0.337 e. The van der Waals surface area contributed by atoms with Gasteiger partial charge in [0.25, 0.3) is 5.56 Å². The zero-order chi connectivity index (χ0) is 24.2. The molecular formula is C25H23ClN2O5S. The lowest BCUT2D eigenvalue weighted by atomic mass is 9.97. The normalized spacial score (nSPS) is 15.2. The number of hydrogen-bond donors (Lipinski definition) is 0. The third-order valence-corrected chi connectivity index (χ3v) is 6.54. The van der Waals surface area contributed by atoms with Crippen LogP contribution in [-0.4, -0.2) is 30.9 Å². The Kier molecular flexibility index (Phi) is 7.19. The highest BCUT2D eigenvalue weighted by Gasteiger charge is 2.31. The molecule has 34 heavy (non-hydrogen) atoms. The number of halogens is 1. The summed E-state index contributed by atoms with van der Waals surface area (Å²) in [5.41, 5.74) is 1.35. The van der Waals surface area contributed by atoms with E-state index in [1.54, 1.807) is 24.3 Å². The standard InChI is InChI=1S/C25H23ClN2O5S/c1-4-32-19-11-10-16(12-20(19)33-5-2)22-17(24(30)31-3)14-27-25-28(22)23(29)21(34-25)13-15-8-6-7-9-18(15)26/h6-14,22H,4-5H2,1-3H3/b21-13-/t22-/m0/s1. The van der Waals surface area contributed by atoms with Crippen molar-refractivity contribution in [1.82, 2.24) is 4.57 Å². The molecule has 2 heterocycles. The van der Waals surface area contributed by atoms with Crippen LogP contribution in [0.3, 0.4) is 0 Å². The first-order valence-electron chi connectivity index (χ1n) is 10.7. The van der Waals surface area contributed by atoms with Crippen LogP contribution < -0.4 is 24.4 Å². The van der Waals surface area contributed by atoms with Crippen molar-refractivity contribution in [1.29, 1.82) is 0 Å². The molecule has 1 atom stereocenters. The van der Waals surface area contributed by atoms with Crippen LogP contribution in [0.1, 0.15) is 31.0 Å². The molecule has 4 rings (SSSR count). The Morgan fingerprint density at radius 2 is 1.88 bits per heavy atom. The summed E-state index contributed by atoms with van der Waals surface area (Å²) in [6, 6.07) is 11.9. The van der Waals surface area contributed by atoms with Gasteiger partial charge in [-0.15, -0.1) is 0 Å². The first kappa shape index (κ1) is 23.8. The molecule has 9 heteroatoms. The zero-order valence-electron chi connectivity index (χ0n) is 18.9. The van der Waals surface area contributed by atoms with E-state index in [2.05, 4.69) is 4.99 Å². The Morgan fingerprint density at radius 3 is 2.59 bits per heavy atom. The monoisotopic (exact) mass is 498 g/mol. The van der Waals surface area contributed by atoms with Crippen molar-refractivity contribution in [3.8, 4) is 11.5 Å². The lowest BCUT2D eigenvalue weighted by Crippen LogP contribution is -2.39. The first-order chi connectivity index (χ1) is 16.5. The largest absolute Gasteiger partial charge is 0.490 e. The molecule has 3 aromatic rings. The van der Waals surface area contributed by atoms with Crippen LogP contribution in [0.4, 0.5) is 0 Å². The fraction of sp³-hybridized carbons (Fsp3) is 0.240. The van der Waals surface area contributed by atoms with Crippen molar-refractivity contribution in [3.63, 3.8) is 0 Å². The van der Waals surface area contributed by atoms with Gasteiger partial charge in [0, 0.05) is 11.2 Å². The minimum atomic E-state index is -0.744. The van der Waals surface area contributed by atoms with E-state index in [0.717, 1.165) is 5.56 Å². The molecule has 1 aliphatic rings. The summed E-state index contributed by atoms with van der Waals surface area (Å²) < 4.78 is 18.4. The Bertz CT molecular complexity index is 1440. The SMILES string of the molecule is CCOc1ccc([C@H]2C(C(=O)OC)=CN=c3s/c(=C\c4ccccc4Cl)c(=O)n32)cc1OCC. The van der Waals surface area contributed by atoms with Gasteiger partial charge >= 0.3 is 5.97 Å². The Hall–Kier alpha value is -3.36. The second-order valence-corrected chi connectivity index (χ2v) is 8.69. The second-order valence-electron chi connectivity index (χ2n) is 7.27. The average molecular weight is 499 g/mol. The number of fused-ring (bicyclic) bond motifs is 1. The van der Waals surface area contributed by atoms with Crippen LogP contribution in [0.25, 0.3) is 6.08 Å². The molecular weight excluding hydrogens is 476 g/mol. The van der Waals surface area contributed by atoms with Crippen molar-refractivity contribution >= 4 is 35.0 Å². The number of aromatic nitrogens is 1. The van der Waals surface area contributed by atoms with Gasteiger partial charge in [-0.25, -0.2) is 9.79 Å². The smallest absolute Gasteiger partial charge is 0.337 e. The predicted molar refractivity (Wildman–Crippen MR) is 131 cm³/mol. The molecule has 0 fully saturated rings. The number of thiazole rings is 1. The van der Waals surface area contributed by atoms with Crippen molar-refractivity contribution in [2.45, 2.75) is 19.9 Å². The molecule has 0 saturated heterocycles. The number of methoxy groups -OCH3 is 1. The molecule has 1 aliphatic heterocycles. The van der Waals surface area contributed by atoms with E-state index in [9.17, 15) is 9.59 Å². The van der Waals surface area contributed by atoms with E-state index in [-0.39, 0.29) is 11.1 Å². The van der Waals surface area contributed by atoms with Gasteiger partial charge in [0.1, 0.15) is 0 Å². The third-order valence-electron chi connectivity index (χ3n) is 5.20. The van der Waals surface area contributed by atoms with Gasteiger partial charge < -0.3 is 14.2 Å². The Labute approximate surface area is 205 Å². The van der Waals surface area contributed by atoms with Crippen molar-refractivity contribution in [3.05, 3.63) is 90.1 Å². The molecule has 0 bridgehead atoms. The number of ether oxygens (including phenoxy) is 3. The maximum atomic E-state index is 13.6. The molecule has 2 aromatic carbocycles. The van der Waals surface area contributed by atoms with Crippen LogP contribution >= 0.6 is 22.9 Å². The highest BCUT2D eigenvalue weighted by Crippen LogP contribution is 2.35. The third kappa shape index (κ3) is 4.51. The number of carbonyl (C=O) groups is 1. The van der Waals surface area contributed by atoms with E-state index in [0.29, 0.717) is 44.6 Å². The molecule has 0 radical (unpaired) electrons. The lowest BCUT2D eigenvalue weighted by molar-refractivity contribution is -0.136. The summed E-state index contributed by atoms with van der Waals surface area (Å²) in [5.74, 6) is 0.546. The quantitative estimate of drug-likeness (QED) is 0.466. The lowest BCUT2D eigenvalue weighted by Gasteiger charge is -2.23. The summed E-state index contributed by atoms with van der Waals surface area (Å²) in [5, 5.41) is 0.535. The molecule has 7 nitrogen and oxygen atoms in total. The maximum absolute atomic E-state index is 13.6. The van der Waals surface area contributed by atoms with E-state index in [4.69, 9.17) is 25.8 Å². The predicted octanol–water partition coefficient (Wildman–Crippen LogP) is 3.47. The number of hydrogen-bond acceptors (Lipinski definition) is 7. The fourth-order valence-electron chi connectivity index (χ4n) is 3.72. The van der Waals surface area contributed by atoms with Gasteiger partial charge in [0.05, 0.1) is 36.5 Å². The van der Waals surface area contributed by atoms with E-state index in [1.165, 1.54) is 29.2 Å². The number of nitrogens with zero attached hydrogens (tertiary/aromatic N) is 2. The number of benzene rings is 2. The molecule has 0 saturated carbocycles. The van der Waals surface area contributed by atoms with E-state index in [1.807, 2.05) is 38.1 Å². The van der Waals surface area contributed by atoms with Crippen LogP contribution in [0.2, 0.25) is 5.02 Å². The summed E-state index contributed by atoms with van der Waals surface area (Å²) >= 11 is 7.52. The van der Waals surface area contributed by atoms with E-state index < -0.39 is 12.0 Å². The van der Waals surface area contributed by atoms with Gasteiger partial charge in [0.2, 0.25) is 0 Å². The summed E-state index contributed by atoms with van der Waals surface area (Å²) in [7, 11) is 1.30. The number of rotatable bonds is 7.